The lowest BCUT2D eigenvalue weighted by Crippen LogP contribution is -2.39. The van der Waals surface area contributed by atoms with Gasteiger partial charge in [0.2, 0.25) is 0 Å². The first-order valence-corrected chi connectivity index (χ1v) is 8.04. The van der Waals surface area contributed by atoms with Crippen molar-refractivity contribution in [1.82, 2.24) is 10.6 Å². The van der Waals surface area contributed by atoms with Crippen LogP contribution in [0.1, 0.15) is 25.3 Å². The molecule has 0 unspecified atom stereocenters. The van der Waals surface area contributed by atoms with Crippen LogP contribution < -0.4 is 15.4 Å². The SMILES string of the molecule is CCNC(=NCc1cccc(OC)c1)NCCOCC1CC1.I. The van der Waals surface area contributed by atoms with Crippen molar-refractivity contribution in [3.8, 4) is 5.75 Å². The number of benzene rings is 1. The maximum atomic E-state index is 5.62. The first kappa shape index (κ1) is 20.0. The normalized spacial score (nSPS) is 14.1. The molecule has 0 saturated heterocycles. The van der Waals surface area contributed by atoms with Crippen LogP contribution >= 0.6 is 24.0 Å². The zero-order chi connectivity index (χ0) is 15.6. The fourth-order valence-electron chi connectivity index (χ4n) is 2.06. The van der Waals surface area contributed by atoms with E-state index < -0.39 is 0 Å². The molecule has 23 heavy (non-hydrogen) atoms. The Labute approximate surface area is 156 Å². The average molecular weight is 433 g/mol. The summed E-state index contributed by atoms with van der Waals surface area (Å²) in [6.07, 6.45) is 2.66. The van der Waals surface area contributed by atoms with Crippen molar-refractivity contribution in [2.24, 2.45) is 10.9 Å². The van der Waals surface area contributed by atoms with E-state index in [0.29, 0.717) is 6.54 Å². The van der Waals surface area contributed by atoms with Gasteiger partial charge in [-0.1, -0.05) is 12.1 Å². The second kappa shape index (κ2) is 11.5. The Morgan fingerprint density at radius 2 is 2.13 bits per heavy atom. The topological polar surface area (TPSA) is 54.9 Å². The fraction of sp³-hybridized carbons (Fsp3) is 0.588. The molecule has 5 nitrogen and oxygen atoms in total. The summed E-state index contributed by atoms with van der Waals surface area (Å²) in [5.74, 6) is 2.49. The molecule has 1 saturated carbocycles. The molecule has 0 radical (unpaired) electrons. The minimum atomic E-state index is 0. The third kappa shape index (κ3) is 8.41. The van der Waals surface area contributed by atoms with E-state index in [9.17, 15) is 0 Å². The summed E-state index contributed by atoms with van der Waals surface area (Å²) >= 11 is 0. The Balaban J connectivity index is 0.00000264. The average Bonchev–Trinajstić information content (AvgIpc) is 3.36. The predicted molar refractivity (Wildman–Crippen MR) is 105 cm³/mol. The van der Waals surface area contributed by atoms with Gasteiger partial charge < -0.3 is 20.1 Å². The smallest absolute Gasteiger partial charge is 0.191 e. The maximum absolute atomic E-state index is 5.62. The van der Waals surface area contributed by atoms with Crippen molar-refractivity contribution >= 4 is 29.9 Å². The summed E-state index contributed by atoms with van der Waals surface area (Å²) in [6.45, 7) is 5.92. The van der Waals surface area contributed by atoms with Crippen LogP contribution in [0.4, 0.5) is 0 Å². The molecular weight excluding hydrogens is 405 g/mol. The lowest BCUT2D eigenvalue weighted by molar-refractivity contribution is 0.129. The van der Waals surface area contributed by atoms with E-state index in [2.05, 4.69) is 22.5 Å². The number of hydrogen-bond donors (Lipinski definition) is 2. The van der Waals surface area contributed by atoms with Gasteiger partial charge in [0.05, 0.1) is 20.3 Å². The quantitative estimate of drug-likeness (QED) is 0.272. The number of rotatable bonds is 9. The standard InChI is InChI=1S/C17H27N3O2.HI/c1-3-18-17(19-9-10-22-13-14-7-8-14)20-12-15-5-4-6-16(11-15)21-2;/h4-6,11,14H,3,7-10,12-13H2,1-2H3,(H2,18,19,20);1H. The molecule has 0 aliphatic heterocycles. The Kier molecular flexibility index (Phi) is 10.0. The highest BCUT2D eigenvalue weighted by atomic mass is 127. The molecule has 0 heterocycles. The van der Waals surface area contributed by atoms with Crippen molar-refractivity contribution in [3.05, 3.63) is 29.8 Å². The molecule has 0 spiro atoms. The third-order valence-electron chi connectivity index (χ3n) is 3.49. The molecule has 0 bridgehead atoms. The number of halogens is 1. The van der Waals surface area contributed by atoms with E-state index in [-0.39, 0.29) is 24.0 Å². The third-order valence-corrected chi connectivity index (χ3v) is 3.49. The molecule has 1 aromatic carbocycles. The summed E-state index contributed by atoms with van der Waals surface area (Å²) in [5.41, 5.74) is 1.13. The van der Waals surface area contributed by atoms with E-state index in [0.717, 1.165) is 49.5 Å². The zero-order valence-corrected chi connectivity index (χ0v) is 16.3. The van der Waals surface area contributed by atoms with Gasteiger partial charge in [0.25, 0.3) is 0 Å². The van der Waals surface area contributed by atoms with Gasteiger partial charge in [0, 0.05) is 19.7 Å². The molecule has 0 amide bonds. The largest absolute Gasteiger partial charge is 0.497 e. The lowest BCUT2D eigenvalue weighted by Gasteiger charge is -2.11. The molecular formula is C17H28IN3O2. The maximum Gasteiger partial charge on any atom is 0.191 e. The Bertz CT molecular complexity index is 479. The van der Waals surface area contributed by atoms with Crippen molar-refractivity contribution in [2.45, 2.75) is 26.3 Å². The van der Waals surface area contributed by atoms with E-state index >= 15 is 0 Å². The first-order valence-electron chi connectivity index (χ1n) is 8.04. The number of hydrogen-bond acceptors (Lipinski definition) is 3. The molecule has 2 rings (SSSR count). The first-order chi connectivity index (χ1) is 10.8. The van der Waals surface area contributed by atoms with Gasteiger partial charge in [0.15, 0.2) is 5.96 Å². The molecule has 130 valence electrons. The predicted octanol–water partition coefficient (Wildman–Crippen LogP) is 2.79. The number of guanidine groups is 1. The number of nitrogens with one attached hydrogen (secondary N) is 2. The molecule has 6 heteroatoms. The summed E-state index contributed by atoms with van der Waals surface area (Å²) in [4.78, 5) is 4.59. The van der Waals surface area contributed by atoms with Crippen molar-refractivity contribution in [1.29, 1.82) is 0 Å². The van der Waals surface area contributed by atoms with Gasteiger partial charge in [-0.2, -0.15) is 0 Å². The summed E-state index contributed by atoms with van der Waals surface area (Å²) in [6, 6.07) is 7.98. The van der Waals surface area contributed by atoms with Crippen LogP contribution in [-0.2, 0) is 11.3 Å². The van der Waals surface area contributed by atoms with Gasteiger partial charge >= 0.3 is 0 Å². The van der Waals surface area contributed by atoms with Crippen LogP contribution in [0.3, 0.4) is 0 Å². The van der Waals surface area contributed by atoms with Crippen LogP contribution in [0.15, 0.2) is 29.3 Å². The molecule has 1 aliphatic rings. The van der Waals surface area contributed by atoms with Crippen LogP contribution in [0.5, 0.6) is 5.75 Å². The Morgan fingerprint density at radius 1 is 1.30 bits per heavy atom. The van der Waals surface area contributed by atoms with Gasteiger partial charge in [0.1, 0.15) is 5.75 Å². The van der Waals surface area contributed by atoms with Crippen LogP contribution in [0, 0.1) is 5.92 Å². The van der Waals surface area contributed by atoms with Gasteiger partial charge in [-0.15, -0.1) is 24.0 Å². The second-order valence-electron chi connectivity index (χ2n) is 5.49. The molecule has 1 aliphatic carbocycles. The van der Waals surface area contributed by atoms with Gasteiger partial charge in [-0.05, 0) is 43.4 Å². The van der Waals surface area contributed by atoms with Crippen molar-refractivity contribution in [2.75, 3.05) is 33.4 Å². The van der Waals surface area contributed by atoms with E-state index in [1.54, 1.807) is 7.11 Å². The summed E-state index contributed by atoms with van der Waals surface area (Å²) < 4.78 is 10.8. The number of methoxy groups -OCH3 is 1. The Morgan fingerprint density at radius 3 is 2.83 bits per heavy atom. The van der Waals surface area contributed by atoms with Crippen LogP contribution in [-0.4, -0.2) is 39.4 Å². The van der Waals surface area contributed by atoms with Crippen LogP contribution in [0.2, 0.25) is 0 Å². The van der Waals surface area contributed by atoms with Gasteiger partial charge in [-0.25, -0.2) is 4.99 Å². The van der Waals surface area contributed by atoms with Crippen LogP contribution in [0.25, 0.3) is 0 Å². The minimum absolute atomic E-state index is 0. The van der Waals surface area contributed by atoms with E-state index in [1.165, 1.54) is 12.8 Å². The van der Waals surface area contributed by atoms with E-state index in [4.69, 9.17) is 9.47 Å². The Hall–Kier alpha value is -1.02. The summed E-state index contributed by atoms with van der Waals surface area (Å²) in [5, 5.41) is 6.54. The van der Waals surface area contributed by atoms with Crippen molar-refractivity contribution < 1.29 is 9.47 Å². The number of aliphatic imine (C=N–C) groups is 1. The minimum Gasteiger partial charge on any atom is -0.497 e. The highest BCUT2D eigenvalue weighted by Gasteiger charge is 2.20. The molecule has 1 aromatic rings. The van der Waals surface area contributed by atoms with E-state index in [1.807, 2.05) is 24.3 Å². The summed E-state index contributed by atoms with van der Waals surface area (Å²) in [7, 11) is 1.68. The zero-order valence-electron chi connectivity index (χ0n) is 14.0. The molecule has 0 atom stereocenters. The van der Waals surface area contributed by atoms with Crippen molar-refractivity contribution in [3.63, 3.8) is 0 Å². The monoisotopic (exact) mass is 433 g/mol. The number of nitrogens with zero attached hydrogens (tertiary/aromatic N) is 1. The molecule has 0 aromatic heterocycles. The highest BCUT2D eigenvalue weighted by molar-refractivity contribution is 14.0. The number of ether oxygens (including phenoxy) is 2. The molecule has 2 N–H and O–H groups in total. The fourth-order valence-corrected chi connectivity index (χ4v) is 2.06. The van der Waals surface area contributed by atoms with Gasteiger partial charge in [-0.3, -0.25) is 0 Å². The molecule has 1 fully saturated rings. The highest BCUT2D eigenvalue weighted by Crippen LogP contribution is 2.28. The lowest BCUT2D eigenvalue weighted by atomic mass is 10.2. The second-order valence-corrected chi connectivity index (χ2v) is 5.49.